The standard InChI is InChI=1S/C13H8BrFN2O3/c14-8-3-4-10(9(15)6-8)19-7-12-16-13(20-17-12)11-2-1-5-18-11/h1-6H,7H2. The van der Waals surface area contributed by atoms with Crippen molar-refractivity contribution in [2.45, 2.75) is 6.61 Å². The smallest absolute Gasteiger partial charge is 0.293 e. The van der Waals surface area contributed by atoms with Gasteiger partial charge < -0.3 is 13.7 Å². The highest BCUT2D eigenvalue weighted by Gasteiger charge is 2.12. The number of furan rings is 1. The Kier molecular flexibility index (Phi) is 3.51. The second-order valence-corrected chi connectivity index (χ2v) is 4.77. The molecule has 0 bridgehead atoms. The Morgan fingerprint density at radius 3 is 2.95 bits per heavy atom. The van der Waals surface area contributed by atoms with E-state index in [1.165, 1.54) is 18.4 Å². The molecule has 3 aromatic rings. The Balaban J connectivity index is 1.70. The minimum absolute atomic E-state index is 0.00274. The van der Waals surface area contributed by atoms with E-state index in [1.807, 2.05) is 0 Å². The second kappa shape index (κ2) is 5.46. The number of rotatable bonds is 4. The number of aromatic nitrogens is 2. The van der Waals surface area contributed by atoms with Crippen molar-refractivity contribution in [3.63, 3.8) is 0 Å². The molecule has 2 aromatic heterocycles. The van der Waals surface area contributed by atoms with Crippen LogP contribution in [0.15, 0.2) is 50.0 Å². The van der Waals surface area contributed by atoms with Crippen molar-refractivity contribution in [3.05, 3.63) is 52.7 Å². The van der Waals surface area contributed by atoms with Crippen LogP contribution in [0, 0.1) is 5.82 Å². The number of nitrogens with zero attached hydrogens (tertiary/aromatic N) is 2. The van der Waals surface area contributed by atoms with Gasteiger partial charge in [-0.2, -0.15) is 4.98 Å². The molecule has 0 aliphatic carbocycles. The first-order chi connectivity index (χ1) is 9.72. The van der Waals surface area contributed by atoms with E-state index in [0.29, 0.717) is 16.1 Å². The Morgan fingerprint density at radius 1 is 1.30 bits per heavy atom. The van der Waals surface area contributed by atoms with Crippen molar-refractivity contribution in [2.24, 2.45) is 0 Å². The lowest BCUT2D eigenvalue weighted by Crippen LogP contribution is -1.99. The van der Waals surface area contributed by atoms with Crippen LogP contribution in [0.2, 0.25) is 0 Å². The van der Waals surface area contributed by atoms with Crippen LogP contribution in [-0.2, 0) is 6.61 Å². The van der Waals surface area contributed by atoms with Crippen LogP contribution >= 0.6 is 15.9 Å². The topological polar surface area (TPSA) is 61.3 Å². The van der Waals surface area contributed by atoms with Crippen LogP contribution < -0.4 is 4.74 Å². The Morgan fingerprint density at radius 2 is 2.20 bits per heavy atom. The molecule has 0 N–H and O–H groups in total. The molecule has 0 fully saturated rings. The highest BCUT2D eigenvalue weighted by molar-refractivity contribution is 9.10. The Labute approximate surface area is 121 Å². The fourth-order valence-corrected chi connectivity index (χ4v) is 1.88. The molecule has 0 aliphatic heterocycles. The van der Waals surface area contributed by atoms with E-state index < -0.39 is 5.82 Å². The lowest BCUT2D eigenvalue weighted by atomic mass is 10.3. The van der Waals surface area contributed by atoms with Crippen molar-refractivity contribution in [1.82, 2.24) is 10.1 Å². The van der Waals surface area contributed by atoms with Gasteiger partial charge in [-0.15, -0.1) is 0 Å². The maximum atomic E-state index is 13.5. The van der Waals surface area contributed by atoms with E-state index in [2.05, 4.69) is 26.1 Å². The van der Waals surface area contributed by atoms with Crippen LogP contribution in [0.3, 0.4) is 0 Å². The van der Waals surface area contributed by atoms with Gasteiger partial charge in [-0.3, -0.25) is 0 Å². The summed E-state index contributed by atoms with van der Waals surface area (Å²) in [4.78, 5) is 4.09. The van der Waals surface area contributed by atoms with E-state index in [0.717, 1.165) is 0 Å². The van der Waals surface area contributed by atoms with Crippen molar-refractivity contribution in [1.29, 1.82) is 0 Å². The van der Waals surface area contributed by atoms with E-state index >= 15 is 0 Å². The molecule has 1 aromatic carbocycles. The first-order valence-electron chi connectivity index (χ1n) is 5.67. The molecule has 3 rings (SSSR count). The summed E-state index contributed by atoms with van der Waals surface area (Å²) in [5.74, 6) is 0.689. The van der Waals surface area contributed by atoms with E-state index in [4.69, 9.17) is 13.7 Å². The van der Waals surface area contributed by atoms with Gasteiger partial charge in [0.2, 0.25) is 5.82 Å². The zero-order chi connectivity index (χ0) is 13.9. The van der Waals surface area contributed by atoms with Crippen LogP contribution in [0.25, 0.3) is 11.7 Å². The van der Waals surface area contributed by atoms with Crippen LogP contribution in [0.1, 0.15) is 5.82 Å². The fourth-order valence-electron chi connectivity index (χ4n) is 1.55. The minimum Gasteiger partial charge on any atom is -0.482 e. The number of halogens is 2. The molecule has 5 nitrogen and oxygen atoms in total. The molecule has 20 heavy (non-hydrogen) atoms. The third kappa shape index (κ3) is 2.72. The van der Waals surface area contributed by atoms with Crippen molar-refractivity contribution < 1.29 is 18.1 Å². The van der Waals surface area contributed by atoms with Gasteiger partial charge in [-0.25, -0.2) is 4.39 Å². The molecule has 0 radical (unpaired) electrons. The van der Waals surface area contributed by atoms with E-state index in [9.17, 15) is 4.39 Å². The zero-order valence-electron chi connectivity index (χ0n) is 10.0. The third-order valence-corrected chi connectivity index (χ3v) is 2.94. The average molecular weight is 339 g/mol. The van der Waals surface area contributed by atoms with Gasteiger partial charge in [-0.1, -0.05) is 21.1 Å². The highest BCUT2D eigenvalue weighted by atomic mass is 79.9. The van der Waals surface area contributed by atoms with Gasteiger partial charge in [0.25, 0.3) is 5.89 Å². The fraction of sp³-hybridized carbons (Fsp3) is 0.0769. The quantitative estimate of drug-likeness (QED) is 0.723. The number of hydrogen-bond acceptors (Lipinski definition) is 5. The molecule has 0 aliphatic rings. The van der Waals surface area contributed by atoms with Crippen molar-refractivity contribution in [3.8, 4) is 17.4 Å². The van der Waals surface area contributed by atoms with Gasteiger partial charge >= 0.3 is 0 Å². The van der Waals surface area contributed by atoms with E-state index in [1.54, 1.807) is 18.2 Å². The van der Waals surface area contributed by atoms with Crippen molar-refractivity contribution >= 4 is 15.9 Å². The average Bonchev–Trinajstić information content (AvgIpc) is 3.08. The molecule has 0 unspecified atom stereocenters. The summed E-state index contributed by atoms with van der Waals surface area (Å²) in [6.07, 6.45) is 1.51. The molecule has 2 heterocycles. The summed E-state index contributed by atoms with van der Waals surface area (Å²) in [6.45, 7) is 0.00274. The number of hydrogen-bond donors (Lipinski definition) is 0. The number of ether oxygens (including phenoxy) is 1. The van der Waals surface area contributed by atoms with Crippen LogP contribution in [0.4, 0.5) is 4.39 Å². The largest absolute Gasteiger partial charge is 0.482 e. The summed E-state index contributed by atoms with van der Waals surface area (Å²) in [6, 6.07) is 7.94. The van der Waals surface area contributed by atoms with Gasteiger partial charge in [0, 0.05) is 4.47 Å². The number of benzene rings is 1. The third-order valence-electron chi connectivity index (χ3n) is 2.45. The van der Waals surface area contributed by atoms with Gasteiger partial charge in [-0.05, 0) is 30.3 Å². The lowest BCUT2D eigenvalue weighted by Gasteiger charge is -2.04. The predicted octanol–water partition coefficient (Wildman–Crippen LogP) is 3.81. The van der Waals surface area contributed by atoms with Gasteiger partial charge in [0.05, 0.1) is 6.26 Å². The zero-order valence-corrected chi connectivity index (χ0v) is 11.6. The van der Waals surface area contributed by atoms with Crippen LogP contribution in [0.5, 0.6) is 5.75 Å². The molecule has 0 spiro atoms. The van der Waals surface area contributed by atoms with Crippen molar-refractivity contribution in [2.75, 3.05) is 0 Å². The summed E-state index contributed by atoms with van der Waals surface area (Å²) in [5, 5.41) is 3.73. The monoisotopic (exact) mass is 338 g/mol. The molecule has 0 saturated heterocycles. The summed E-state index contributed by atoms with van der Waals surface area (Å²) >= 11 is 3.17. The molecule has 0 amide bonds. The SMILES string of the molecule is Fc1cc(Br)ccc1OCc1noc(-c2ccco2)n1. The van der Waals surface area contributed by atoms with Crippen LogP contribution in [-0.4, -0.2) is 10.1 Å². The first kappa shape index (κ1) is 12.9. The predicted molar refractivity (Wildman–Crippen MR) is 70.4 cm³/mol. The summed E-state index contributed by atoms with van der Waals surface area (Å²) in [5.41, 5.74) is 0. The maximum Gasteiger partial charge on any atom is 0.293 e. The molecular weight excluding hydrogens is 331 g/mol. The maximum absolute atomic E-state index is 13.5. The highest BCUT2D eigenvalue weighted by Crippen LogP contribution is 2.22. The summed E-state index contributed by atoms with van der Waals surface area (Å²) < 4.78 is 29.6. The normalized spacial score (nSPS) is 10.7. The van der Waals surface area contributed by atoms with Gasteiger partial charge in [0.15, 0.2) is 23.9 Å². The Hall–Kier alpha value is -2.15. The molecule has 102 valence electrons. The lowest BCUT2D eigenvalue weighted by molar-refractivity contribution is 0.273. The minimum atomic E-state index is -0.464. The molecular formula is C13H8BrFN2O3. The first-order valence-corrected chi connectivity index (χ1v) is 6.46. The van der Waals surface area contributed by atoms with Gasteiger partial charge in [0.1, 0.15) is 0 Å². The molecule has 7 heteroatoms. The second-order valence-electron chi connectivity index (χ2n) is 3.86. The van der Waals surface area contributed by atoms with E-state index in [-0.39, 0.29) is 18.2 Å². The Bertz CT molecular complexity index is 712. The molecule has 0 saturated carbocycles. The molecule has 0 atom stereocenters. The summed E-state index contributed by atoms with van der Waals surface area (Å²) in [7, 11) is 0.